The van der Waals surface area contributed by atoms with E-state index in [0.29, 0.717) is 18.4 Å². The van der Waals surface area contributed by atoms with Crippen LogP contribution in [-0.2, 0) is 12.8 Å². The molecule has 174 valence electrons. The summed E-state index contributed by atoms with van der Waals surface area (Å²) in [4.78, 5) is 24.8. The van der Waals surface area contributed by atoms with Gasteiger partial charge < -0.3 is 24.8 Å². The summed E-state index contributed by atoms with van der Waals surface area (Å²) >= 11 is 12.1. The highest BCUT2D eigenvalue weighted by atomic mass is 35.5. The number of aromatic hydroxyl groups is 2. The van der Waals surface area contributed by atoms with Gasteiger partial charge in [-0.1, -0.05) is 56.3 Å². The van der Waals surface area contributed by atoms with Crippen molar-refractivity contribution in [2.24, 2.45) is 0 Å². The smallest absolute Gasteiger partial charge is 0.347 e. The van der Waals surface area contributed by atoms with Gasteiger partial charge >= 0.3 is 11.9 Å². The highest BCUT2D eigenvalue weighted by Gasteiger charge is 2.28. The second-order valence-electron chi connectivity index (χ2n) is 7.24. The van der Waals surface area contributed by atoms with E-state index in [0.717, 1.165) is 19.3 Å². The number of unbranched alkanes of at least 4 members (excludes halogenated alkanes) is 2. The average Bonchev–Trinajstić information content (AvgIpc) is 2.75. The molecule has 0 saturated carbocycles. The van der Waals surface area contributed by atoms with E-state index >= 15 is 0 Å². The molecular formula is C23H26Cl2O7. The third-order valence-corrected chi connectivity index (χ3v) is 5.75. The summed E-state index contributed by atoms with van der Waals surface area (Å²) in [5, 5.41) is 29.5. The van der Waals surface area contributed by atoms with Crippen LogP contribution in [-0.4, -0.2) is 34.4 Å². The Labute approximate surface area is 196 Å². The second kappa shape index (κ2) is 11.3. The summed E-state index contributed by atoms with van der Waals surface area (Å²) in [5.74, 6) is -3.15. The number of esters is 1. The van der Waals surface area contributed by atoms with Crippen LogP contribution >= 0.6 is 23.2 Å². The number of carbonyl (C=O) groups excluding carboxylic acids is 1. The number of ether oxygens (including phenoxy) is 2. The number of hydrogen-bond donors (Lipinski definition) is 3. The van der Waals surface area contributed by atoms with Crippen molar-refractivity contribution >= 4 is 35.1 Å². The summed E-state index contributed by atoms with van der Waals surface area (Å²) in [6.45, 7) is 3.87. The van der Waals surface area contributed by atoms with Gasteiger partial charge in [0.25, 0.3) is 0 Å². The van der Waals surface area contributed by atoms with Gasteiger partial charge in [-0.05, 0) is 36.5 Å². The first-order chi connectivity index (χ1) is 15.2. The molecule has 0 atom stereocenters. The normalized spacial score (nSPS) is 10.8. The van der Waals surface area contributed by atoms with Crippen LogP contribution in [0.25, 0.3) is 0 Å². The number of carbonyl (C=O) groups is 2. The molecular weight excluding hydrogens is 459 g/mol. The van der Waals surface area contributed by atoms with E-state index in [4.69, 9.17) is 32.7 Å². The third kappa shape index (κ3) is 5.40. The number of methoxy groups -OCH3 is 1. The molecule has 32 heavy (non-hydrogen) atoms. The first-order valence-corrected chi connectivity index (χ1v) is 11.0. The largest absolute Gasteiger partial charge is 0.505 e. The number of aromatic carboxylic acids is 1. The van der Waals surface area contributed by atoms with Gasteiger partial charge in [0.2, 0.25) is 0 Å². The van der Waals surface area contributed by atoms with Crippen molar-refractivity contribution in [3.63, 3.8) is 0 Å². The molecule has 0 spiro atoms. The molecule has 2 aromatic carbocycles. The van der Waals surface area contributed by atoms with Crippen molar-refractivity contribution < 1.29 is 34.4 Å². The monoisotopic (exact) mass is 484 g/mol. The van der Waals surface area contributed by atoms with E-state index in [9.17, 15) is 24.9 Å². The molecule has 0 saturated heterocycles. The van der Waals surface area contributed by atoms with Gasteiger partial charge in [-0.25, -0.2) is 9.59 Å². The van der Waals surface area contributed by atoms with Gasteiger partial charge in [-0.2, -0.15) is 0 Å². The number of rotatable bonds is 10. The van der Waals surface area contributed by atoms with Crippen molar-refractivity contribution in [2.45, 2.75) is 52.4 Å². The summed E-state index contributed by atoms with van der Waals surface area (Å²) < 4.78 is 10.7. The zero-order chi connectivity index (χ0) is 24.0. The molecule has 0 aliphatic carbocycles. The molecule has 3 N–H and O–H groups in total. The number of aryl methyl sites for hydroxylation is 1. The number of carboxylic acid groups (broad SMARTS) is 1. The molecule has 0 bridgehead atoms. The maximum atomic E-state index is 13.0. The topological polar surface area (TPSA) is 113 Å². The van der Waals surface area contributed by atoms with Gasteiger partial charge in [0, 0.05) is 6.07 Å². The second-order valence-corrected chi connectivity index (χ2v) is 8.00. The Hall–Kier alpha value is -2.64. The fourth-order valence-electron chi connectivity index (χ4n) is 3.45. The van der Waals surface area contributed by atoms with E-state index in [1.165, 1.54) is 19.2 Å². The lowest BCUT2D eigenvalue weighted by Gasteiger charge is -2.17. The summed E-state index contributed by atoms with van der Waals surface area (Å²) in [5.41, 5.74) is 0.422. The Kier molecular flexibility index (Phi) is 9.04. The zero-order valence-corrected chi connectivity index (χ0v) is 19.6. The number of benzene rings is 2. The first kappa shape index (κ1) is 25.6. The number of phenolic OH excluding ortho intramolecular Hbond substituents is 2. The Morgan fingerprint density at radius 1 is 0.938 bits per heavy atom. The van der Waals surface area contributed by atoms with Gasteiger partial charge in [0.05, 0.1) is 12.1 Å². The van der Waals surface area contributed by atoms with Crippen LogP contribution in [0.3, 0.4) is 0 Å². The van der Waals surface area contributed by atoms with Gasteiger partial charge in [-0.15, -0.1) is 0 Å². The van der Waals surface area contributed by atoms with Crippen molar-refractivity contribution in [3.8, 4) is 23.0 Å². The Bertz CT molecular complexity index is 1020. The fourth-order valence-corrected chi connectivity index (χ4v) is 3.97. The van der Waals surface area contributed by atoms with Crippen LogP contribution in [0.15, 0.2) is 12.1 Å². The van der Waals surface area contributed by atoms with Crippen LogP contribution in [0.1, 0.15) is 71.4 Å². The van der Waals surface area contributed by atoms with Crippen LogP contribution in [0.4, 0.5) is 0 Å². The van der Waals surface area contributed by atoms with Crippen molar-refractivity contribution in [2.75, 3.05) is 7.11 Å². The summed E-state index contributed by atoms with van der Waals surface area (Å²) in [7, 11) is 1.33. The molecule has 9 heteroatoms. The number of carboxylic acids is 1. The zero-order valence-electron chi connectivity index (χ0n) is 18.1. The lowest BCUT2D eigenvalue weighted by molar-refractivity contribution is 0.0691. The van der Waals surface area contributed by atoms with Crippen LogP contribution in [0, 0.1) is 0 Å². The number of halogens is 2. The van der Waals surface area contributed by atoms with E-state index < -0.39 is 28.5 Å². The number of hydrogen-bond acceptors (Lipinski definition) is 6. The standard InChI is InChI=1S/C23H26Cl2O7/c1-4-6-7-9-12-10-13(11-15(31-3)16(12)22(28)29)32-23(30)17-14(8-5-2)18(24)21(27)19(25)20(17)26/h10-11,26-27H,4-9H2,1-3H3,(H,28,29). The lowest BCUT2D eigenvalue weighted by atomic mass is 9.99. The maximum absolute atomic E-state index is 13.0. The minimum Gasteiger partial charge on any atom is -0.505 e. The lowest BCUT2D eigenvalue weighted by Crippen LogP contribution is -2.14. The van der Waals surface area contributed by atoms with E-state index in [2.05, 4.69) is 0 Å². The Balaban J connectivity index is 2.54. The van der Waals surface area contributed by atoms with Gasteiger partial charge in [0.1, 0.15) is 27.6 Å². The Morgan fingerprint density at radius 2 is 1.62 bits per heavy atom. The predicted molar refractivity (Wildman–Crippen MR) is 122 cm³/mol. The highest BCUT2D eigenvalue weighted by molar-refractivity contribution is 6.39. The third-order valence-electron chi connectivity index (χ3n) is 4.98. The number of phenols is 2. The molecule has 0 heterocycles. The van der Waals surface area contributed by atoms with E-state index in [-0.39, 0.29) is 39.6 Å². The molecule has 0 unspecified atom stereocenters. The molecule has 7 nitrogen and oxygen atoms in total. The summed E-state index contributed by atoms with van der Waals surface area (Å²) in [6, 6.07) is 2.77. The molecule has 2 aromatic rings. The maximum Gasteiger partial charge on any atom is 0.347 e. The molecule has 2 rings (SSSR count). The van der Waals surface area contributed by atoms with Crippen molar-refractivity contribution in [1.82, 2.24) is 0 Å². The highest BCUT2D eigenvalue weighted by Crippen LogP contribution is 2.45. The van der Waals surface area contributed by atoms with Crippen molar-refractivity contribution in [1.29, 1.82) is 0 Å². The molecule has 0 aromatic heterocycles. The molecule has 0 amide bonds. The van der Waals surface area contributed by atoms with E-state index in [1.54, 1.807) is 0 Å². The summed E-state index contributed by atoms with van der Waals surface area (Å²) in [6.07, 6.45) is 3.93. The molecule has 0 aliphatic rings. The quantitative estimate of drug-likeness (QED) is 0.214. The minimum absolute atomic E-state index is 0.00800. The van der Waals surface area contributed by atoms with Crippen molar-refractivity contribution in [3.05, 3.63) is 44.4 Å². The predicted octanol–water partition coefficient (Wildman–Crippen LogP) is 6.02. The Morgan fingerprint density at radius 3 is 2.19 bits per heavy atom. The fraction of sp³-hybridized carbons (Fsp3) is 0.391. The van der Waals surface area contributed by atoms with Crippen LogP contribution < -0.4 is 9.47 Å². The first-order valence-electron chi connectivity index (χ1n) is 10.3. The van der Waals surface area contributed by atoms with E-state index in [1.807, 2.05) is 13.8 Å². The SMILES string of the molecule is CCCCCc1cc(OC(=O)c2c(O)c(Cl)c(O)c(Cl)c2CCC)cc(OC)c1C(=O)O. The molecule has 0 radical (unpaired) electrons. The average molecular weight is 485 g/mol. The van der Waals surface area contributed by atoms with Crippen LogP contribution in [0.5, 0.6) is 23.0 Å². The van der Waals surface area contributed by atoms with Gasteiger partial charge in [0.15, 0.2) is 11.5 Å². The molecule has 0 fully saturated rings. The van der Waals surface area contributed by atoms with Crippen LogP contribution in [0.2, 0.25) is 10.0 Å². The molecule has 0 aliphatic heterocycles. The van der Waals surface area contributed by atoms with Gasteiger partial charge in [-0.3, -0.25) is 0 Å². The minimum atomic E-state index is -1.15.